The van der Waals surface area contributed by atoms with E-state index in [-0.39, 0.29) is 42.6 Å². The normalized spacial score (nSPS) is 10.2. The minimum Gasteiger partial charge on any atom is -0.484 e. The highest BCUT2D eigenvalue weighted by molar-refractivity contribution is 7.98. The van der Waals surface area contributed by atoms with Gasteiger partial charge in [-0.15, -0.1) is 11.8 Å². The highest BCUT2D eigenvalue weighted by Gasteiger charge is 2.16. The molecule has 154 valence electrons. The number of ether oxygens (including phenoxy) is 3. The smallest absolute Gasteiger partial charge is 0.338 e. The second-order valence-corrected chi connectivity index (χ2v) is 6.64. The van der Waals surface area contributed by atoms with Crippen molar-refractivity contribution in [3.05, 3.63) is 53.6 Å². The van der Waals surface area contributed by atoms with Crippen LogP contribution in [-0.4, -0.2) is 43.9 Å². The Balaban J connectivity index is 2.12. The largest absolute Gasteiger partial charge is 0.484 e. The molecule has 2 aromatic carbocycles. The number of amides is 1. The summed E-state index contributed by atoms with van der Waals surface area (Å²) in [6.45, 7) is 3.45. The highest BCUT2D eigenvalue weighted by atomic mass is 32.2. The van der Waals surface area contributed by atoms with E-state index in [1.807, 2.05) is 24.5 Å². The number of esters is 2. The predicted octanol–water partition coefficient (Wildman–Crippen LogP) is 3.78. The predicted molar refractivity (Wildman–Crippen MR) is 111 cm³/mol. The lowest BCUT2D eigenvalue weighted by Gasteiger charge is -2.11. The van der Waals surface area contributed by atoms with Crippen molar-refractivity contribution in [3.63, 3.8) is 0 Å². The first kappa shape index (κ1) is 22.3. The van der Waals surface area contributed by atoms with Gasteiger partial charge >= 0.3 is 11.9 Å². The van der Waals surface area contributed by atoms with Crippen molar-refractivity contribution in [3.8, 4) is 5.75 Å². The Bertz CT molecular complexity index is 847. The van der Waals surface area contributed by atoms with Crippen molar-refractivity contribution in [1.29, 1.82) is 0 Å². The van der Waals surface area contributed by atoms with E-state index in [1.165, 1.54) is 18.2 Å². The maximum absolute atomic E-state index is 12.2. The maximum Gasteiger partial charge on any atom is 0.338 e. The Labute approximate surface area is 173 Å². The van der Waals surface area contributed by atoms with Gasteiger partial charge in [0.1, 0.15) is 5.75 Å². The molecule has 0 radical (unpaired) electrons. The molecule has 0 saturated heterocycles. The van der Waals surface area contributed by atoms with Crippen LogP contribution in [0.5, 0.6) is 5.75 Å². The van der Waals surface area contributed by atoms with Crippen molar-refractivity contribution in [2.45, 2.75) is 18.7 Å². The number of anilines is 1. The number of carbonyl (C=O) groups is 3. The molecule has 0 heterocycles. The van der Waals surface area contributed by atoms with Crippen LogP contribution < -0.4 is 10.1 Å². The summed E-state index contributed by atoms with van der Waals surface area (Å²) in [6.07, 6.45) is 1.95. The third-order valence-electron chi connectivity index (χ3n) is 3.65. The molecule has 0 fully saturated rings. The maximum atomic E-state index is 12.2. The Kier molecular flexibility index (Phi) is 8.54. The molecular weight excluding hydrogens is 394 g/mol. The summed E-state index contributed by atoms with van der Waals surface area (Å²) in [5.74, 6) is -1.38. The summed E-state index contributed by atoms with van der Waals surface area (Å²) in [5, 5.41) is 2.74. The van der Waals surface area contributed by atoms with Gasteiger partial charge in [0.2, 0.25) is 0 Å². The van der Waals surface area contributed by atoms with Crippen LogP contribution in [0.25, 0.3) is 0 Å². The third-order valence-corrected chi connectivity index (χ3v) is 4.38. The van der Waals surface area contributed by atoms with E-state index in [2.05, 4.69) is 5.32 Å². The number of thioether (sulfide) groups is 1. The molecule has 8 heteroatoms. The summed E-state index contributed by atoms with van der Waals surface area (Å²) in [7, 11) is 0. The molecule has 0 spiro atoms. The molecule has 2 aromatic rings. The SMILES string of the molecule is CCOC(=O)c1cc(OCC(=O)Nc2cccc(SC)c2)cc(C(=O)OCC)c1. The van der Waals surface area contributed by atoms with Crippen molar-refractivity contribution < 1.29 is 28.6 Å². The van der Waals surface area contributed by atoms with Gasteiger partial charge in [-0.2, -0.15) is 0 Å². The van der Waals surface area contributed by atoms with Gasteiger partial charge in [-0.1, -0.05) is 6.07 Å². The zero-order chi connectivity index (χ0) is 21.2. The summed E-state index contributed by atoms with van der Waals surface area (Å²) in [4.78, 5) is 37.3. The van der Waals surface area contributed by atoms with Gasteiger partial charge in [-0.25, -0.2) is 9.59 Å². The molecule has 0 saturated carbocycles. The highest BCUT2D eigenvalue weighted by Crippen LogP contribution is 2.21. The number of hydrogen-bond acceptors (Lipinski definition) is 7. The first-order chi connectivity index (χ1) is 14.0. The third kappa shape index (κ3) is 6.83. The minimum absolute atomic E-state index is 0.139. The van der Waals surface area contributed by atoms with Gasteiger partial charge in [-0.05, 0) is 56.5 Å². The quantitative estimate of drug-likeness (QED) is 0.490. The van der Waals surface area contributed by atoms with Crippen LogP contribution in [0.15, 0.2) is 47.4 Å². The summed E-state index contributed by atoms with van der Waals surface area (Å²) in [5.41, 5.74) is 0.930. The van der Waals surface area contributed by atoms with Crippen LogP contribution in [0.4, 0.5) is 5.69 Å². The van der Waals surface area contributed by atoms with Crippen LogP contribution in [0.3, 0.4) is 0 Å². The average molecular weight is 417 g/mol. The molecule has 0 atom stereocenters. The van der Waals surface area contributed by atoms with Crippen LogP contribution in [0, 0.1) is 0 Å². The van der Waals surface area contributed by atoms with Gasteiger partial charge < -0.3 is 19.5 Å². The van der Waals surface area contributed by atoms with Crippen molar-refractivity contribution in [2.24, 2.45) is 0 Å². The molecule has 7 nitrogen and oxygen atoms in total. The lowest BCUT2D eigenvalue weighted by molar-refractivity contribution is -0.118. The molecule has 2 rings (SSSR count). The van der Waals surface area contributed by atoms with Gasteiger partial charge in [-0.3, -0.25) is 4.79 Å². The number of nitrogens with one attached hydrogen (secondary N) is 1. The number of hydrogen-bond donors (Lipinski definition) is 1. The van der Waals surface area contributed by atoms with Crippen LogP contribution >= 0.6 is 11.8 Å². The average Bonchev–Trinajstić information content (AvgIpc) is 2.72. The van der Waals surface area contributed by atoms with E-state index in [0.717, 1.165) is 4.90 Å². The molecule has 0 aliphatic rings. The van der Waals surface area contributed by atoms with E-state index < -0.39 is 11.9 Å². The lowest BCUT2D eigenvalue weighted by atomic mass is 10.1. The van der Waals surface area contributed by atoms with Gasteiger partial charge in [0, 0.05) is 10.6 Å². The number of rotatable bonds is 9. The number of benzene rings is 2. The van der Waals surface area contributed by atoms with Gasteiger partial charge in [0.15, 0.2) is 6.61 Å². The second-order valence-electron chi connectivity index (χ2n) is 5.76. The van der Waals surface area contributed by atoms with Crippen LogP contribution in [0.1, 0.15) is 34.6 Å². The summed E-state index contributed by atoms with van der Waals surface area (Å²) in [6, 6.07) is 11.6. The molecule has 0 aliphatic carbocycles. The molecular formula is C21H23NO6S. The van der Waals surface area contributed by atoms with E-state index in [9.17, 15) is 14.4 Å². The summed E-state index contributed by atoms with van der Waals surface area (Å²) < 4.78 is 15.5. The Morgan fingerprint density at radius 2 is 1.55 bits per heavy atom. The molecule has 29 heavy (non-hydrogen) atoms. The number of carbonyl (C=O) groups excluding carboxylic acids is 3. The van der Waals surface area contributed by atoms with Gasteiger partial charge in [0.05, 0.1) is 24.3 Å². The standard InChI is InChI=1S/C21H23NO6S/c1-4-26-20(24)14-9-15(21(25)27-5-2)11-17(10-14)28-13-19(23)22-16-7-6-8-18(12-16)29-3/h6-12H,4-5,13H2,1-3H3,(H,22,23). The topological polar surface area (TPSA) is 90.9 Å². The first-order valence-corrected chi connectivity index (χ1v) is 10.2. The molecule has 1 N–H and O–H groups in total. The molecule has 0 bridgehead atoms. The van der Waals surface area contributed by atoms with E-state index in [4.69, 9.17) is 14.2 Å². The van der Waals surface area contributed by atoms with Gasteiger partial charge in [0.25, 0.3) is 5.91 Å². The fourth-order valence-electron chi connectivity index (χ4n) is 2.39. The first-order valence-electron chi connectivity index (χ1n) is 9.02. The second kappa shape index (κ2) is 11.1. The van der Waals surface area contributed by atoms with Crippen molar-refractivity contribution in [2.75, 3.05) is 31.4 Å². The minimum atomic E-state index is -0.596. The van der Waals surface area contributed by atoms with Crippen molar-refractivity contribution >= 4 is 35.3 Å². The molecule has 0 aliphatic heterocycles. The molecule has 0 unspecified atom stereocenters. The Morgan fingerprint density at radius 3 is 2.10 bits per heavy atom. The van der Waals surface area contributed by atoms with E-state index in [1.54, 1.807) is 31.7 Å². The van der Waals surface area contributed by atoms with Crippen LogP contribution in [-0.2, 0) is 14.3 Å². The Morgan fingerprint density at radius 1 is 0.931 bits per heavy atom. The monoisotopic (exact) mass is 417 g/mol. The zero-order valence-electron chi connectivity index (χ0n) is 16.5. The van der Waals surface area contributed by atoms with Crippen LogP contribution in [0.2, 0.25) is 0 Å². The summed E-state index contributed by atoms with van der Waals surface area (Å²) >= 11 is 1.57. The fourth-order valence-corrected chi connectivity index (χ4v) is 2.85. The molecule has 0 aromatic heterocycles. The zero-order valence-corrected chi connectivity index (χ0v) is 17.3. The Hall–Kier alpha value is -3.00. The van der Waals surface area contributed by atoms with Crippen molar-refractivity contribution in [1.82, 2.24) is 0 Å². The van der Waals surface area contributed by atoms with E-state index in [0.29, 0.717) is 5.69 Å². The lowest BCUT2D eigenvalue weighted by Crippen LogP contribution is -2.20. The fraction of sp³-hybridized carbons (Fsp3) is 0.286. The molecule has 1 amide bonds. The van der Waals surface area contributed by atoms with E-state index >= 15 is 0 Å².